The molecule has 16 heavy (non-hydrogen) atoms. The van der Waals surface area contributed by atoms with Crippen molar-refractivity contribution in [2.45, 2.75) is 20.0 Å². The minimum atomic E-state index is -0.514. The summed E-state index contributed by atoms with van der Waals surface area (Å²) in [4.78, 5) is 1.18. The molecule has 84 valence electrons. The van der Waals surface area contributed by atoms with Gasteiger partial charge >= 0.3 is 0 Å². The van der Waals surface area contributed by atoms with Gasteiger partial charge in [-0.3, -0.25) is 0 Å². The Balaban J connectivity index is 2.41. The third-order valence-electron chi connectivity index (χ3n) is 2.72. The molecule has 3 heteroatoms. The van der Waals surface area contributed by atoms with Crippen molar-refractivity contribution in [3.63, 3.8) is 0 Å². The normalized spacial score (nSPS) is 12.8. The van der Waals surface area contributed by atoms with Gasteiger partial charge in [-0.1, -0.05) is 22.0 Å². The molecule has 0 radical (unpaired) electrons. The molecule has 0 fully saturated rings. The lowest BCUT2D eigenvalue weighted by molar-refractivity contribution is 0.219. The smallest absolute Gasteiger partial charge is 0.105 e. The summed E-state index contributed by atoms with van der Waals surface area (Å²) >= 11 is 5.10. The maximum Gasteiger partial charge on any atom is 0.105 e. The van der Waals surface area contributed by atoms with Crippen LogP contribution < -0.4 is 0 Å². The van der Waals surface area contributed by atoms with Crippen LogP contribution in [0.5, 0.6) is 0 Å². The summed E-state index contributed by atoms with van der Waals surface area (Å²) in [6, 6.07) is 7.96. The van der Waals surface area contributed by atoms with Crippen LogP contribution in [0.25, 0.3) is 0 Å². The van der Waals surface area contributed by atoms with Crippen molar-refractivity contribution in [1.82, 2.24) is 0 Å². The van der Waals surface area contributed by atoms with Crippen molar-refractivity contribution in [3.8, 4) is 0 Å². The van der Waals surface area contributed by atoms with E-state index in [1.54, 1.807) is 11.3 Å². The summed E-state index contributed by atoms with van der Waals surface area (Å²) in [5, 5.41) is 12.3. The lowest BCUT2D eigenvalue weighted by atomic mass is 9.98. The van der Waals surface area contributed by atoms with E-state index in [-0.39, 0.29) is 0 Å². The molecule has 0 bridgehead atoms. The molecule has 0 aliphatic heterocycles. The molecule has 0 aliphatic carbocycles. The third kappa shape index (κ3) is 2.21. The number of rotatable bonds is 2. The summed E-state index contributed by atoms with van der Waals surface area (Å²) in [7, 11) is 0. The molecule has 0 saturated heterocycles. The number of halogens is 1. The molecule has 1 aromatic heterocycles. The van der Waals surface area contributed by atoms with Gasteiger partial charge in [0.1, 0.15) is 6.10 Å². The second-order valence-electron chi connectivity index (χ2n) is 3.84. The second-order valence-corrected chi connectivity index (χ2v) is 5.87. The van der Waals surface area contributed by atoms with Crippen LogP contribution in [0.2, 0.25) is 0 Å². The average Bonchev–Trinajstić information content (AvgIpc) is 2.63. The molecule has 1 heterocycles. The van der Waals surface area contributed by atoms with Gasteiger partial charge in [0.2, 0.25) is 0 Å². The molecule has 1 atom stereocenters. The molecule has 1 nitrogen and oxygen atoms in total. The van der Waals surface area contributed by atoms with Gasteiger partial charge in [0, 0.05) is 9.35 Å². The maximum atomic E-state index is 10.3. The molecule has 0 spiro atoms. The van der Waals surface area contributed by atoms with Crippen LogP contribution in [0.15, 0.2) is 34.1 Å². The standard InChI is InChI=1S/C13H13BrOS/c1-8-7-10(14)3-4-11(8)13(15)12-5-6-16-9(12)2/h3-7,13,15H,1-2H3. The highest BCUT2D eigenvalue weighted by Gasteiger charge is 2.15. The first kappa shape index (κ1) is 11.8. The Morgan fingerprint density at radius 1 is 1.19 bits per heavy atom. The van der Waals surface area contributed by atoms with E-state index in [1.807, 2.05) is 43.5 Å². The van der Waals surface area contributed by atoms with Gasteiger partial charge in [0.15, 0.2) is 0 Å². The van der Waals surface area contributed by atoms with Gasteiger partial charge in [-0.05, 0) is 54.1 Å². The fraction of sp³-hybridized carbons (Fsp3) is 0.231. The van der Waals surface area contributed by atoms with E-state index in [0.717, 1.165) is 21.2 Å². The van der Waals surface area contributed by atoms with Crippen LogP contribution in [0.3, 0.4) is 0 Å². The highest BCUT2D eigenvalue weighted by molar-refractivity contribution is 9.10. The summed E-state index contributed by atoms with van der Waals surface area (Å²) in [6.07, 6.45) is -0.514. The largest absolute Gasteiger partial charge is 0.384 e. The lowest BCUT2D eigenvalue weighted by Crippen LogP contribution is -2.01. The molecular weight excluding hydrogens is 284 g/mol. The number of hydrogen-bond acceptors (Lipinski definition) is 2. The first-order valence-electron chi connectivity index (χ1n) is 5.07. The van der Waals surface area contributed by atoms with E-state index < -0.39 is 6.10 Å². The Morgan fingerprint density at radius 2 is 1.94 bits per heavy atom. The van der Waals surface area contributed by atoms with Crippen molar-refractivity contribution in [2.24, 2.45) is 0 Å². The van der Waals surface area contributed by atoms with Crippen molar-refractivity contribution in [1.29, 1.82) is 0 Å². The SMILES string of the molecule is Cc1cc(Br)ccc1C(O)c1ccsc1C. The highest BCUT2D eigenvalue weighted by atomic mass is 79.9. The fourth-order valence-corrected chi connectivity index (χ4v) is 3.00. The first-order chi connectivity index (χ1) is 7.59. The zero-order valence-corrected chi connectivity index (χ0v) is 11.6. The van der Waals surface area contributed by atoms with Crippen LogP contribution in [-0.2, 0) is 0 Å². The number of benzene rings is 1. The number of thiophene rings is 1. The van der Waals surface area contributed by atoms with Gasteiger partial charge < -0.3 is 5.11 Å². The first-order valence-corrected chi connectivity index (χ1v) is 6.75. The Bertz CT molecular complexity index is 504. The lowest BCUT2D eigenvalue weighted by Gasteiger charge is -2.14. The molecule has 1 aromatic carbocycles. The number of hydrogen-bond donors (Lipinski definition) is 1. The van der Waals surface area contributed by atoms with Gasteiger partial charge in [0.25, 0.3) is 0 Å². The van der Waals surface area contributed by atoms with Crippen molar-refractivity contribution >= 4 is 27.3 Å². The number of aryl methyl sites for hydroxylation is 2. The van der Waals surface area contributed by atoms with Crippen LogP contribution in [0.1, 0.15) is 27.7 Å². The minimum absolute atomic E-state index is 0.514. The van der Waals surface area contributed by atoms with E-state index in [4.69, 9.17) is 0 Å². The predicted octanol–water partition coefficient (Wildman–Crippen LogP) is 4.21. The van der Waals surface area contributed by atoms with E-state index >= 15 is 0 Å². The van der Waals surface area contributed by atoms with Crippen LogP contribution in [-0.4, -0.2) is 5.11 Å². The monoisotopic (exact) mass is 296 g/mol. The molecule has 0 aliphatic rings. The average molecular weight is 297 g/mol. The highest BCUT2D eigenvalue weighted by Crippen LogP contribution is 2.30. The Kier molecular flexibility index (Phi) is 3.47. The summed E-state index contributed by atoms with van der Waals surface area (Å²) < 4.78 is 1.04. The van der Waals surface area contributed by atoms with Gasteiger partial charge in [-0.25, -0.2) is 0 Å². The fourth-order valence-electron chi connectivity index (χ4n) is 1.79. The summed E-state index contributed by atoms with van der Waals surface area (Å²) in [5.74, 6) is 0. The maximum absolute atomic E-state index is 10.3. The van der Waals surface area contributed by atoms with Crippen molar-refractivity contribution in [2.75, 3.05) is 0 Å². The molecule has 2 aromatic rings. The quantitative estimate of drug-likeness (QED) is 0.880. The molecular formula is C13H13BrOS. The zero-order chi connectivity index (χ0) is 11.7. The minimum Gasteiger partial charge on any atom is -0.384 e. The molecule has 1 unspecified atom stereocenters. The van der Waals surface area contributed by atoms with Crippen LogP contribution in [0, 0.1) is 13.8 Å². The number of aliphatic hydroxyl groups excluding tert-OH is 1. The summed E-state index contributed by atoms with van der Waals surface area (Å²) in [5.41, 5.74) is 3.09. The Hall–Kier alpha value is -0.640. The predicted molar refractivity (Wildman–Crippen MR) is 72.0 cm³/mol. The van der Waals surface area contributed by atoms with Crippen LogP contribution in [0.4, 0.5) is 0 Å². The van der Waals surface area contributed by atoms with Crippen molar-refractivity contribution < 1.29 is 5.11 Å². The second kappa shape index (κ2) is 4.70. The zero-order valence-electron chi connectivity index (χ0n) is 9.20. The van der Waals surface area contributed by atoms with E-state index in [1.165, 1.54) is 4.88 Å². The summed E-state index contributed by atoms with van der Waals surface area (Å²) in [6.45, 7) is 4.06. The molecule has 1 N–H and O–H groups in total. The Labute approximate surface area is 108 Å². The van der Waals surface area contributed by atoms with Gasteiger partial charge in [-0.2, -0.15) is 0 Å². The van der Waals surface area contributed by atoms with E-state index in [9.17, 15) is 5.11 Å². The molecule has 2 rings (SSSR count). The van der Waals surface area contributed by atoms with Crippen LogP contribution >= 0.6 is 27.3 Å². The van der Waals surface area contributed by atoms with E-state index in [2.05, 4.69) is 15.9 Å². The number of aliphatic hydroxyl groups is 1. The van der Waals surface area contributed by atoms with Gasteiger partial charge in [0.05, 0.1) is 0 Å². The Morgan fingerprint density at radius 3 is 2.50 bits per heavy atom. The molecule has 0 saturated carbocycles. The van der Waals surface area contributed by atoms with E-state index in [0.29, 0.717) is 0 Å². The van der Waals surface area contributed by atoms with Gasteiger partial charge in [-0.15, -0.1) is 11.3 Å². The topological polar surface area (TPSA) is 20.2 Å². The third-order valence-corrected chi connectivity index (χ3v) is 4.07. The molecule has 0 amide bonds. The van der Waals surface area contributed by atoms with Crippen molar-refractivity contribution in [3.05, 3.63) is 55.7 Å².